The fourth-order valence-corrected chi connectivity index (χ4v) is 3.03. The maximum atomic E-state index is 10.5. The van der Waals surface area contributed by atoms with Gasteiger partial charge in [-0.15, -0.1) is 0 Å². The van der Waals surface area contributed by atoms with Crippen molar-refractivity contribution in [3.63, 3.8) is 0 Å². The van der Waals surface area contributed by atoms with E-state index in [0.717, 1.165) is 15.7 Å². The molecule has 1 heterocycles. The molecule has 0 aliphatic carbocycles. The summed E-state index contributed by atoms with van der Waals surface area (Å²) >= 11 is 9.55. The van der Waals surface area contributed by atoms with Crippen LogP contribution >= 0.6 is 27.5 Å². The standard InChI is InChI=1S/C14H16BrClN2O2/c1-8-13(14(20-3)18(2)17-8)12(19)6-9-4-5-10(15)7-11(9)16/h4-5,7,12,19H,6H2,1-3H3. The minimum atomic E-state index is -0.711. The molecule has 6 heteroatoms. The summed E-state index contributed by atoms with van der Waals surface area (Å²) in [6, 6.07) is 5.62. The highest BCUT2D eigenvalue weighted by atomic mass is 79.9. The van der Waals surface area contributed by atoms with E-state index < -0.39 is 6.10 Å². The lowest BCUT2D eigenvalue weighted by Gasteiger charge is -2.13. The molecule has 0 radical (unpaired) electrons. The van der Waals surface area contributed by atoms with Gasteiger partial charge >= 0.3 is 0 Å². The summed E-state index contributed by atoms with van der Waals surface area (Å²) in [6.45, 7) is 1.85. The minimum Gasteiger partial charge on any atom is -0.481 e. The SMILES string of the molecule is COc1c(C(O)Cc2ccc(Br)cc2Cl)c(C)nn1C. The van der Waals surface area contributed by atoms with Crippen LogP contribution in [-0.2, 0) is 13.5 Å². The Morgan fingerprint density at radius 3 is 2.80 bits per heavy atom. The minimum absolute atomic E-state index is 0.412. The van der Waals surface area contributed by atoms with E-state index in [2.05, 4.69) is 21.0 Å². The zero-order valence-corrected chi connectivity index (χ0v) is 13.9. The monoisotopic (exact) mass is 358 g/mol. The van der Waals surface area contributed by atoms with E-state index in [9.17, 15) is 5.11 Å². The highest BCUT2D eigenvalue weighted by Crippen LogP contribution is 2.32. The molecule has 0 spiro atoms. The Bertz CT molecular complexity index is 628. The molecule has 20 heavy (non-hydrogen) atoms. The summed E-state index contributed by atoms with van der Waals surface area (Å²) in [5, 5.41) is 15.4. The van der Waals surface area contributed by atoms with Crippen molar-refractivity contribution < 1.29 is 9.84 Å². The van der Waals surface area contributed by atoms with Gasteiger partial charge in [0.05, 0.1) is 24.5 Å². The summed E-state index contributed by atoms with van der Waals surface area (Å²) in [7, 11) is 3.36. The van der Waals surface area contributed by atoms with E-state index in [1.165, 1.54) is 0 Å². The molecule has 0 fully saturated rings. The summed E-state index contributed by atoms with van der Waals surface area (Å²) in [5.74, 6) is 0.572. The summed E-state index contributed by atoms with van der Waals surface area (Å²) in [6.07, 6.45) is -0.299. The molecule has 0 saturated heterocycles. The summed E-state index contributed by atoms with van der Waals surface area (Å²) in [4.78, 5) is 0. The van der Waals surface area contributed by atoms with Gasteiger partial charge in [-0.2, -0.15) is 5.10 Å². The van der Waals surface area contributed by atoms with Crippen LogP contribution in [0.4, 0.5) is 0 Å². The third-order valence-corrected chi connectivity index (χ3v) is 4.01. The average molecular weight is 360 g/mol. The molecule has 1 N–H and O–H groups in total. The van der Waals surface area contributed by atoms with Gasteiger partial charge in [0.15, 0.2) is 0 Å². The van der Waals surface area contributed by atoms with E-state index >= 15 is 0 Å². The van der Waals surface area contributed by atoms with Gasteiger partial charge in [-0.1, -0.05) is 33.6 Å². The van der Waals surface area contributed by atoms with Gasteiger partial charge in [0.1, 0.15) is 0 Å². The molecule has 1 unspecified atom stereocenters. The normalized spacial score (nSPS) is 12.5. The highest BCUT2D eigenvalue weighted by molar-refractivity contribution is 9.10. The topological polar surface area (TPSA) is 47.3 Å². The average Bonchev–Trinajstić information content (AvgIpc) is 2.66. The Morgan fingerprint density at radius 1 is 1.50 bits per heavy atom. The van der Waals surface area contributed by atoms with Crippen molar-refractivity contribution in [2.24, 2.45) is 7.05 Å². The number of aliphatic hydroxyl groups excluding tert-OH is 1. The molecular weight excluding hydrogens is 344 g/mol. The van der Waals surface area contributed by atoms with E-state index in [1.807, 2.05) is 25.1 Å². The van der Waals surface area contributed by atoms with Crippen molar-refractivity contribution in [3.05, 3.63) is 44.5 Å². The van der Waals surface area contributed by atoms with Crippen molar-refractivity contribution in [2.75, 3.05) is 7.11 Å². The quantitative estimate of drug-likeness (QED) is 0.910. The van der Waals surface area contributed by atoms with Crippen LogP contribution in [0.1, 0.15) is 22.9 Å². The number of rotatable bonds is 4. The van der Waals surface area contributed by atoms with Crippen molar-refractivity contribution in [3.8, 4) is 5.88 Å². The van der Waals surface area contributed by atoms with Crippen LogP contribution in [0.5, 0.6) is 5.88 Å². The molecule has 0 aliphatic heterocycles. The van der Waals surface area contributed by atoms with E-state index in [-0.39, 0.29) is 0 Å². The largest absolute Gasteiger partial charge is 0.481 e. The van der Waals surface area contributed by atoms with Crippen LogP contribution in [0, 0.1) is 6.92 Å². The molecular formula is C14H16BrClN2O2. The van der Waals surface area contributed by atoms with Gasteiger partial charge < -0.3 is 9.84 Å². The van der Waals surface area contributed by atoms with Crippen LogP contribution in [0.25, 0.3) is 0 Å². The first-order valence-corrected chi connectivity index (χ1v) is 7.30. The second-order valence-corrected chi connectivity index (χ2v) is 5.91. The maximum Gasteiger partial charge on any atom is 0.217 e. The van der Waals surface area contributed by atoms with Crippen molar-refractivity contribution in [1.82, 2.24) is 9.78 Å². The van der Waals surface area contributed by atoms with Gasteiger partial charge in [-0.25, -0.2) is 4.68 Å². The zero-order chi connectivity index (χ0) is 14.9. The number of nitrogens with zero attached hydrogens (tertiary/aromatic N) is 2. The highest BCUT2D eigenvalue weighted by Gasteiger charge is 2.22. The second kappa shape index (κ2) is 6.16. The molecule has 1 aromatic carbocycles. The van der Waals surface area contributed by atoms with Crippen molar-refractivity contribution >= 4 is 27.5 Å². The molecule has 0 saturated carbocycles. The lowest BCUT2D eigenvalue weighted by atomic mass is 10.0. The summed E-state index contributed by atoms with van der Waals surface area (Å²) < 4.78 is 7.84. The number of hydrogen-bond donors (Lipinski definition) is 1. The molecule has 1 aromatic heterocycles. The Labute approximate surface area is 131 Å². The summed E-state index contributed by atoms with van der Waals surface area (Å²) in [5.41, 5.74) is 2.34. The number of aliphatic hydroxyl groups is 1. The van der Waals surface area contributed by atoms with Gasteiger partial charge in [0.25, 0.3) is 0 Å². The third-order valence-electron chi connectivity index (χ3n) is 3.17. The van der Waals surface area contributed by atoms with E-state index in [4.69, 9.17) is 16.3 Å². The Morgan fingerprint density at radius 2 is 2.20 bits per heavy atom. The zero-order valence-electron chi connectivity index (χ0n) is 11.5. The first-order chi connectivity index (χ1) is 9.43. The molecule has 0 aliphatic rings. The lowest BCUT2D eigenvalue weighted by molar-refractivity contribution is 0.172. The Balaban J connectivity index is 2.30. The van der Waals surface area contributed by atoms with Gasteiger partial charge in [-0.05, 0) is 24.6 Å². The predicted octanol–water partition coefficient (Wildman–Crippen LogP) is 3.43. The van der Waals surface area contributed by atoms with Gasteiger partial charge in [0.2, 0.25) is 5.88 Å². The second-order valence-electron chi connectivity index (χ2n) is 4.59. The van der Waals surface area contributed by atoms with Crippen LogP contribution in [0.3, 0.4) is 0 Å². The van der Waals surface area contributed by atoms with Crippen molar-refractivity contribution in [1.29, 1.82) is 0 Å². The van der Waals surface area contributed by atoms with Crippen LogP contribution in [-0.4, -0.2) is 22.0 Å². The first-order valence-electron chi connectivity index (χ1n) is 6.13. The predicted molar refractivity (Wildman–Crippen MR) is 82.3 cm³/mol. The number of hydrogen-bond acceptors (Lipinski definition) is 3. The first kappa shape index (κ1) is 15.4. The smallest absolute Gasteiger partial charge is 0.217 e. The number of halogens is 2. The van der Waals surface area contributed by atoms with Gasteiger partial charge in [0, 0.05) is 23.0 Å². The molecule has 1 atom stereocenters. The molecule has 0 bridgehead atoms. The van der Waals surface area contributed by atoms with E-state index in [0.29, 0.717) is 22.9 Å². The van der Waals surface area contributed by atoms with Gasteiger partial charge in [-0.3, -0.25) is 0 Å². The number of ether oxygens (including phenoxy) is 1. The number of benzene rings is 1. The van der Waals surface area contributed by atoms with Crippen LogP contribution < -0.4 is 4.74 Å². The number of aryl methyl sites for hydroxylation is 2. The van der Waals surface area contributed by atoms with Crippen LogP contribution in [0.2, 0.25) is 5.02 Å². The van der Waals surface area contributed by atoms with Crippen molar-refractivity contribution in [2.45, 2.75) is 19.4 Å². The fourth-order valence-electron chi connectivity index (χ4n) is 2.28. The molecule has 2 aromatic rings. The maximum absolute atomic E-state index is 10.5. The molecule has 0 amide bonds. The number of methoxy groups -OCH3 is 1. The Kier molecular flexibility index (Phi) is 4.73. The number of aromatic nitrogens is 2. The molecule has 108 valence electrons. The lowest BCUT2D eigenvalue weighted by Crippen LogP contribution is -2.05. The van der Waals surface area contributed by atoms with Crippen LogP contribution in [0.15, 0.2) is 22.7 Å². The fraction of sp³-hybridized carbons (Fsp3) is 0.357. The molecule has 2 rings (SSSR count). The molecule has 4 nitrogen and oxygen atoms in total. The Hall–Kier alpha value is -1.04. The van der Waals surface area contributed by atoms with E-state index in [1.54, 1.807) is 18.8 Å². The third kappa shape index (κ3) is 3.00.